The van der Waals surface area contributed by atoms with Crippen LogP contribution in [-0.4, -0.2) is 44.2 Å². The number of thioether (sulfide) groups is 1. The Balaban J connectivity index is 1.53. The Labute approximate surface area is 158 Å². The van der Waals surface area contributed by atoms with Crippen molar-refractivity contribution >= 4 is 32.7 Å². The third-order valence-corrected chi connectivity index (χ3v) is 6.50. The van der Waals surface area contributed by atoms with E-state index in [1.54, 1.807) is 36.0 Å². The van der Waals surface area contributed by atoms with Crippen LogP contribution >= 0.6 is 11.8 Å². The molecule has 3 rings (SSSR count). The standard InChI is InChI=1S/C19H20N2O3S2/c1-21(2)26(22,23)17-10-8-16(9-11-17)24-13-14-25-19-12-7-15-5-3-4-6-18(15)20-19/h3-12H,13-14H2,1-2H3. The zero-order chi connectivity index (χ0) is 18.6. The average Bonchev–Trinajstić information content (AvgIpc) is 2.65. The number of sulfonamides is 1. The van der Waals surface area contributed by atoms with Gasteiger partial charge in [0.2, 0.25) is 10.0 Å². The van der Waals surface area contributed by atoms with Crippen molar-refractivity contribution in [3.05, 3.63) is 60.7 Å². The number of fused-ring (bicyclic) bond motifs is 1. The number of ether oxygens (including phenoxy) is 1. The van der Waals surface area contributed by atoms with Crippen LogP contribution in [-0.2, 0) is 10.0 Å². The Morgan fingerprint density at radius 3 is 2.46 bits per heavy atom. The Hall–Kier alpha value is -2.09. The molecule has 0 unspecified atom stereocenters. The van der Waals surface area contributed by atoms with Gasteiger partial charge in [-0.1, -0.05) is 24.3 Å². The van der Waals surface area contributed by atoms with Crippen LogP contribution < -0.4 is 4.74 Å². The van der Waals surface area contributed by atoms with Gasteiger partial charge in [-0.3, -0.25) is 0 Å². The van der Waals surface area contributed by atoms with E-state index in [1.807, 2.05) is 30.3 Å². The highest BCUT2D eigenvalue weighted by atomic mass is 32.2. The molecule has 0 aliphatic rings. The van der Waals surface area contributed by atoms with Gasteiger partial charge in [-0.15, -0.1) is 11.8 Å². The predicted octanol–water partition coefficient (Wildman–Crippen LogP) is 3.66. The van der Waals surface area contributed by atoms with E-state index in [4.69, 9.17) is 4.74 Å². The van der Waals surface area contributed by atoms with Gasteiger partial charge in [0, 0.05) is 25.2 Å². The molecule has 0 amide bonds. The second-order valence-corrected chi connectivity index (χ2v) is 9.06. The van der Waals surface area contributed by atoms with Crippen molar-refractivity contribution in [2.45, 2.75) is 9.92 Å². The summed E-state index contributed by atoms with van der Waals surface area (Å²) in [5.41, 5.74) is 0.983. The third-order valence-electron chi connectivity index (χ3n) is 3.78. The smallest absolute Gasteiger partial charge is 0.242 e. The van der Waals surface area contributed by atoms with Crippen molar-refractivity contribution < 1.29 is 13.2 Å². The maximum Gasteiger partial charge on any atom is 0.242 e. The van der Waals surface area contributed by atoms with E-state index in [9.17, 15) is 8.42 Å². The molecule has 0 N–H and O–H groups in total. The van der Waals surface area contributed by atoms with Crippen LogP contribution in [0.25, 0.3) is 10.9 Å². The number of benzene rings is 2. The molecule has 0 aliphatic carbocycles. The van der Waals surface area contributed by atoms with Gasteiger partial charge in [-0.25, -0.2) is 17.7 Å². The fraction of sp³-hybridized carbons (Fsp3) is 0.211. The molecule has 0 saturated heterocycles. The summed E-state index contributed by atoms with van der Waals surface area (Å²) in [6, 6.07) is 18.6. The highest BCUT2D eigenvalue weighted by Gasteiger charge is 2.16. The second-order valence-electron chi connectivity index (χ2n) is 5.80. The lowest BCUT2D eigenvalue weighted by Crippen LogP contribution is -2.22. The molecule has 5 nitrogen and oxygen atoms in total. The first kappa shape index (κ1) is 18.7. The van der Waals surface area contributed by atoms with E-state index >= 15 is 0 Å². The monoisotopic (exact) mass is 388 g/mol. The first-order chi connectivity index (χ1) is 12.5. The first-order valence-electron chi connectivity index (χ1n) is 8.11. The van der Waals surface area contributed by atoms with E-state index in [0.29, 0.717) is 12.4 Å². The molecule has 1 heterocycles. The highest BCUT2D eigenvalue weighted by molar-refractivity contribution is 7.99. The minimum atomic E-state index is -3.41. The van der Waals surface area contributed by atoms with Crippen molar-refractivity contribution in [1.82, 2.24) is 9.29 Å². The summed E-state index contributed by atoms with van der Waals surface area (Å²) < 4.78 is 30.9. The summed E-state index contributed by atoms with van der Waals surface area (Å²) in [5.74, 6) is 1.40. The molecule has 0 bridgehead atoms. The molecular formula is C19H20N2O3S2. The van der Waals surface area contributed by atoms with Gasteiger partial charge < -0.3 is 4.74 Å². The van der Waals surface area contributed by atoms with Gasteiger partial charge in [0.05, 0.1) is 22.0 Å². The summed E-state index contributed by atoms with van der Waals surface area (Å²) in [6.07, 6.45) is 0. The molecule has 3 aromatic rings. The number of pyridine rings is 1. The number of hydrogen-bond donors (Lipinski definition) is 0. The van der Waals surface area contributed by atoms with Gasteiger partial charge in [-0.2, -0.15) is 0 Å². The topological polar surface area (TPSA) is 59.5 Å². The number of rotatable bonds is 7. The van der Waals surface area contributed by atoms with Crippen LogP contribution in [0.3, 0.4) is 0 Å². The van der Waals surface area contributed by atoms with E-state index in [0.717, 1.165) is 21.7 Å². The molecule has 0 spiro atoms. The van der Waals surface area contributed by atoms with Crippen LogP contribution in [0.15, 0.2) is 70.6 Å². The second kappa shape index (κ2) is 8.07. The molecule has 26 heavy (non-hydrogen) atoms. The average molecular weight is 389 g/mol. The molecule has 1 aromatic heterocycles. The van der Waals surface area contributed by atoms with Crippen LogP contribution in [0.5, 0.6) is 5.75 Å². The number of aromatic nitrogens is 1. The van der Waals surface area contributed by atoms with Gasteiger partial charge in [0.15, 0.2) is 0 Å². The normalized spacial score (nSPS) is 11.8. The lowest BCUT2D eigenvalue weighted by molar-refractivity contribution is 0.343. The van der Waals surface area contributed by atoms with Gasteiger partial charge >= 0.3 is 0 Å². The third kappa shape index (κ3) is 4.35. The maximum atomic E-state index is 12.0. The number of nitrogens with zero attached hydrogens (tertiary/aromatic N) is 2. The minimum Gasteiger partial charge on any atom is -0.493 e. The minimum absolute atomic E-state index is 0.254. The summed E-state index contributed by atoms with van der Waals surface area (Å²) in [7, 11) is -0.384. The van der Waals surface area contributed by atoms with Crippen LogP contribution in [0.1, 0.15) is 0 Å². The first-order valence-corrected chi connectivity index (χ1v) is 10.5. The van der Waals surface area contributed by atoms with Crippen molar-refractivity contribution in [3.63, 3.8) is 0 Å². The van der Waals surface area contributed by atoms with Gasteiger partial charge in [0.1, 0.15) is 5.75 Å². The molecule has 0 atom stereocenters. The summed E-state index contributed by atoms with van der Waals surface area (Å²) in [6.45, 7) is 0.513. The lowest BCUT2D eigenvalue weighted by Gasteiger charge is -2.12. The highest BCUT2D eigenvalue weighted by Crippen LogP contribution is 2.21. The van der Waals surface area contributed by atoms with Crippen LogP contribution in [0.4, 0.5) is 0 Å². The molecule has 0 saturated carbocycles. The fourth-order valence-electron chi connectivity index (χ4n) is 2.35. The SMILES string of the molecule is CN(C)S(=O)(=O)c1ccc(OCCSc2ccc3ccccc3n2)cc1. The summed E-state index contributed by atoms with van der Waals surface area (Å²) in [4.78, 5) is 4.87. The van der Waals surface area contributed by atoms with E-state index in [2.05, 4.69) is 11.1 Å². The molecule has 0 aliphatic heterocycles. The van der Waals surface area contributed by atoms with Crippen molar-refractivity contribution in [2.24, 2.45) is 0 Å². The number of hydrogen-bond acceptors (Lipinski definition) is 5. The molecular weight excluding hydrogens is 368 g/mol. The molecule has 0 radical (unpaired) electrons. The van der Waals surface area contributed by atoms with Crippen LogP contribution in [0.2, 0.25) is 0 Å². The Morgan fingerprint density at radius 2 is 1.73 bits per heavy atom. The van der Waals surface area contributed by atoms with E-state index in [1.165, 1.54) is 18.4 Å². The summed E-state index contributed by atoms with van der Waals surface area (Å²) in [5, 5.41) is 2.08. The summed E-state index contributed by atoms with van der Waals surface area (Å²) >= 11 is 1.63. The quantitative estimate of drug-likeness (QED) is 0.457. The van der Waals surface area contributed by atoms with Gasteiger partial charge in [-0.05, 0) is 36.4 Å². The largest absolute Gasteiger partial charge is 0.493 e. The van der Waals surface area contributed by atoms with E-state index < -0.39 is 10.0 Å². The zero-order valence-electron chi connectivity index (χ0n) is 14.6. The molecule has 0 fully saturated rings. The Bertz CT molecular complexity index is 987. The fourth-order valence-corrected chi connectivity index (χ4v) is 3.96. The molecule has 7 heteroatoms. The van der Waals surface area contributed by atoms with Crippen molar-refractivity contribution in [1.29, 1.82) is 0 Å². The number of para-hydroxylation sites is 1. The van der Waals surface area contributed by atoms with Gasteiger partial charge in [0.25, 0.3) is 0 Å². The Morgan fingerprint density at radius 1 is 1.00 bits per heavy atom. The molecule has 136 valence electrons. The Kier molecular flexibility index (Phi) is 5.80. The van der Waals surface area contributed by atoms with Crippen molar-refractivity contribution in [2.75, 3.05) is 26.5 Å². The zero-order valence-corrected chi connectivity index (χ0v) is 16.3. The lowest BCUT2D eigenvalue weighted by atomic mass is 10.2. The van der Waals surface area contributed by atoms with Crippen LogP contribution in [0, 0.1) is 0 Å². The predicted molar refractivity (Wildman–Crippen MR) is 105 cm³/mol. The maximum absolute atomic E-state index is 12.0. The van der Waals surface area contributed by atoms with E-state index in [-0.39, 0.29) is 4.90 Å². The van der Waals surface area contributed by atoms with Crippen molar-refractivity contribution in [3.8, 4) is 5.75 Å². The molecule has 2 aromatic carbocycles.